The van der Waals surface area contributed by atoms with E-state index in [1.54, 1.807) is 6.07 Å². The van der Waals surface area contributed by atoms with E-state index in [4.69, 9.17) is 11.6 Å². The third-order valence-electron chi connectivity index (χ3n) is 3.36. The van der Waals surface area contributed by atoms with Crippen molar-refractivity contribution in [2.24, 2.45) is 0 Å². The van der Waals surface area contributed by atoms with Gasteiger partial charge in [0, 0.05) is 10.00 Å². The fourth-order valence-corrected chi connectivity index (χ4v) is 2.62. The van der Waals surface area contributed by atoms with Crippen molar-refractivity contribution in [3.63, 3.8) is 0 Å². The SMILES string of the molecule is F[B-](F)(F)F.N#[N+]c1c2c(nn1-c1ccc(Cl)cc1F)CCCC2. The molecule has 24 heavy (non-hydrogen) atoms. The molecule has 1 aromatic heterocycles. The predicted octanol–water partition coefficient (Wildman–Crippen LogP) is 5.33. The number of rotatable bonds is 1. The molecule has 1 aliphatic carbocycles. The highest BCUT2D eigenvalue weighted by Crippen LogP contribution is 2.33. The van der Waals surface area contributed by atoms with Gasteiger partial charge in [0.25, 0.3) is 0 Å². The molecule has 11 heteroatoms. The Balaban J connectivity index is 0.000000368. The van der Waals surface area contributed by atoms with Crippen LogP contribution < -0.4 is 0 Å². The number of hydrogen-bond acceptors (Lipinski definition) is 2. The fourth-order valence-electron chi connectivity index (χ4n) is 2.46. The molecule has 0 spiro atoms. The lowest BCUT2D eigenvalue weighted by Crippen LogP contribution is -2.02. The second-order valence-corrected chi connectivity index (χ2v) is 5.49. The number of halogens is 6. The quantitative estimate of drug-likeness (QED) is 0.390. The molecule has 128 valence electrons. The molecule has 0 saturated heterocycles. The average molecular weight is 365 g/mol. The molecule has 0 amide bonds. The largest absolute Gasteiger partial charge is 0.673 e. The zero-order chi connectivity index (χ0) is 17.9. The van der Waals surface area contributed by atoms with Crippen LogP contribution in [0.5, 0.6) is 0 Å². The van der Waals surface area contributed by atoms with Gasteiger partial charge < -0.3 is 17.3 Å². The highest BCUT2D eigenvalue weighted by Gasteiger charge is 2.31. The first kappa shape index (κ1) is 18.2. The lowest BCUT2D eigenvalue weighted by molar-refractivity contribution is 0.368. The van der Waals surface area contributed by atoms with Gasteiger partial charge in [0.1, 0.15) is 0 Å². The van der Waals surface area contributed by atoms with E-state index in [1.165, 1.54) is 16.8 Å². The van der Waals surface area contributed by atoms with Crippen molar-refractivity contribution < 1.29 is 21.7 Å². The highest BCUT2D eigenvalue weighted by atomic mass is 35.5. The predicted molar refractivity (Wildman–Crippen MR) is 80.1 cm³/mol. The summed E-state index contributed by atoms with van der Waals surface area (Å²) in [5.74, 6) is -0.173. The van der Waals surface area contributed by atoms with E-state index in [0.717, 1.165) is 36.9 Å². The molecule has 4 nitrogen and oxygen atoms in total. The third kappa shape index (κ3) is 4.44. The van der Waals surface area contributed by atoms with E-state index in [0.29, 0.717) is 10.8 Å². The van der Waals surface area contributed by atoms with Crippen LogP contribution in [0, 0.1) is 11.2 Å². The van der Waals surface area contributed by atoms with E-state index in [1.807, 2.05) is 0 Å². The van der Waals surface area contributed by atoms with Gasteiger partial charge >= 0.3 is 13.1 Å². The number of aromatic nitrogens is 2. The van der Waals surface area contributed by atoms with Gasteiger partial charge in [-0.15, -0.1) is 0 Å². The summed E-state index contributed by atoms with van der Waals surface area (Å²) >= 11 is 5.74. The van der Waals surface area contributed by atoms with E-state index in [9.17, 15) is 27.0 Å². The summed E-state index contributed by atoms with van der Waals surface area (Å²) in [5.41, 5.74) is 2.03. The van der Waals surface area contributed by atoms with Gasteiger partial charge in [-0.2, -0.15) is 0 Å². The Morgan fingerprint density at radius 2 is 1.79 bits per heavy atom. The second kappa shape index (κ2) is 7.17. The summed E-state index contributed by atoms with van der Waals surface area (Å²) in [6, 6.07) is 4.34. The summed E-state index contributed by atoms with van der Waals surface area (Å²) in [4.78, 5) is 3.28. The molecule has 0 atom stereocenters. The third-order valence-corrected chi connectivity index (χ3v) is 3.60. The van der Waals surface area contributed by atoms with Gasteiger partial charge in [0.05, 0.1) is 16.7 Å². The van der Waals surface area contributed by atoms with Crippen molar-refractivity contribution >= 4 is 24.7 Å². The monoisotopic (exact) mass is 364 g/mol. The molecule has 0 radical (unpaired) electrons. The van der Waals surface area contributed by atoms with Crippen molar-refractivity contribution in [2.45, 2.75) is 25.7 Å². The fraction of sp³-hybridized carbons (Fsp3) is 0.308. The van der Waals surface area contributed by atoms with Crippen molar-refractivity contribution in [3.8, 4) is 5.69 Å². The molecule has 1 aromatic carbocycles. The minimum absolute atomic E-state index is 0.242. The van der Waals surface area contributed by atoms with Gasteiger partial charge in [-0.3, -0.25) is 0 Å². The highest BCUT2D eigenvalue weighted by molar-refractivity contribution is 6.50. The Bertz CT molecular complexity index is 778. The standard InChI is InChI=1S/C13H11ClFN4.BF4/c14-8-5-6-12(10(15)7-8)19-13(17-16)9-3-1-2-4-11(9)18-19;2-1(3,4)5/h5-7H,1-4H2;/q+1;-1. The van der Waals surface area contributed by atoms with Gasteiger partial charge in [-0.1, -0.05) is 21.4 Å². The molecule has 1 aliphatic rings. The Hall–Kier alpha value is -2.15. The molecule has 2 aromatic rings. The number of diazo groups is 1. The van der Waals surface area contributed by atoms with Gasteiger partial charge in [0.15, 0.2) is 11.5 Å². The summed E-state index contributed by atoms with van der Waals surface area (Å²) in [6.07, 6.45) is 3.73. The summed E-state index contributed by atoms with van der Waals surface area (Å²) in [5, 5.41) is 13.9. The number of fused-ring (bicyclic) bond motifs is 1. The molecule has 3 rings (SSSR count). The van der Waals surface area contributed by atoms with Crippen molar-refractivity contribution in [3.05, 3.63) is 45.3 Å². The second-order valence-electron chi connectivity index (χ2n) is 5.06. The zero-order valence-corrected chi connectivity index (χ0v) is 13.0. The molecule has 0 aliphatic heterocycles. The first-order valence-electron chi connectivity index (χ1n) is 6.99. The van der Waals surface area contributed by atoms with E-state index < -0.39 is 13.1 Å². The van der Waals surface area contributed by atoms with Crippen LogP contribution in [0.1, 0.15) is 24.1 Å². The Labute approximate surface area is 139 Å². The Kier molecular flexibility index (Phi) is 5.44. The number of hydrogen-bond donors (Lipinski definition) is 0. The Morgan fingerprint density at radius 1 is 1.17 bits per heavy atom. The average Bonchev–Trinajstić information content (AvgIpc) is 2.83. The van der Waals surface area contributed by atoms with Crippen LogP contribution in [0.2, 0.25) is 5.02 Å². The molecule has 0 N–H and O–H groups in total. The van der Waals surface area contributed by atoms with Crippen LogP contribution >= 0.6 is 11.6 Å². The molecule has 0 bridgehead atoms. The van der Waals surface area contributed by atoms with Crippen LogP contribution in [0.4, 0.5) is 27.5 Å². The number of aryl methyl sites for hydroxylation is 1. The molecular weight excluding hydrogens is 353 g/mol. The van der Waals surface area contributed by atoms with Crippen LogP contribution in [-0.2, 0) is 12.8 Å². The summed E-state index contributed by atoms with van der Waals surface area (Å²) in [6.45, 7) is 0. The first-order valence-corrected chi connectivity index (χ1v) is 7.37. The minimum atomic E-state index is -6.00. The van der Waals surface area contributed by atoms with Crippen molar-refractivity contribution in [1.82, 2.24) is 9.78 Å². The zero-order valence-electron chi connectivity index (χ0n) is 12.2. The molecular formula is C13H11BClF5N4. The first-order chi connectivity index (χ1) is 11.2. The van der Waals surface area contributed by atoms with E-state index >= 15 is 0 Å². The van der Waals surface area contributed by atoms with E-state index in [2.05, 4.69) is 10.1 Å². The molecule has 1 heterocycles. The Morgan fingerprint density at radius 3 is 2.38 bits per heavy atom. The van der Waals surface area contributed by atoms with Gasteiger partial charge in [-0.05, 0) is 43.9 Å². The number of nitrogens with zero attached hydrogens (tertiary/aromatic N) is 4. The van der Waals surface area contributed by atoms with Crippen LogP contribution in [0.25, 0.3) is 10.7 Å². The molecule has 0 unspecified atom stereocenters. The van der Waals surface area contributed by atoms with Crippen molar-refractivity contribution in [2.75, 3.05) is 0 Å². The van der Waals surface area contributed by atoms with E-state index in [-0.39, 0.29) is 5.69 Å². The maximum Gasteiger partial charge on any atom is 0.673 e. The van der Waals surface area contributed by atoms with Crippen molar-refractivity contribution in [1.29, 1.82) is 5.39 Å². The molecule has 0 saturated carbocycles. The van der Waals surface area contributed by atoms with Crippen LogP contribution in [0.15, 0.2) is 18.2 Å². The summed E-state index contributed by atoms with van der Waals surface area (Å²) < 4.78 is 54.3. The lowest BCUT2D eigenvalue weighted by atomic mass is 9.98. The van der Waals surface area contributed by atoms with Gasteiger partial charge in [-0.25, -0.2) is 4.39 Å². The lowest BCUT2D eigenvalue weighted by Gasteiger charge is -2.04. The minimum Gasteiger partial charge on any atom is -0.418 e. The van der Waals surface area contributed by atoms with Crippen LogP contribution in [-0.4, -0.2) is 17.0 Å². The number of benzene rings is 1. The summed E-state index contributed by atoms with van der Waals surface area (Å²) in [7, 11) is -6.00. The maximum atomic E-state index is 13.9. The maximum absolute atomic E-state index is 13.9. The molecule has 0 fully saturated rings. The normalized spacial score (nSPS) is 13.5. The smallest absolute Gasteiger partial charge is 0.418 e. The van der Waals surface area contributed by atoms with Crippen LogP contribution in [0.3, 0.4) is 0 Å². The topological polar surface area (TPSA) is 46.0 Å². The van der Waals surface area contributed by atoms with Gasteiger partial charge in [0.2, 0.25) is 0 Å².